The van der Waals surface area contributed by atoms with E-state index in [0.717, 1.165) is 23.5 Å². The number of hydrogen-bond acceptors (Lipinski definition) is 3. The fourth-order valence-electron chi connectivity index (χ4n) is 2.54. The molecule has 124 valence electrons. The molecule has 5 heteroatoms. The minimum absolute atomic E-state index is 0.0606. The Balaban J connectivity index is 2.28. The number of aryl methyl sites for hydroxylation is 1. The lowest BCUT2D eigenvalue weighted by Gasteiger charge is -2.12. The van der Waals surface area contributed by atoms with Crippen molar-refractivity contribution in [3.05, 3.63) is 53.0 Å². The van der Waals surface area contributed by atoms with Gasteiger partial charge < -0.3 is 9.88 Å². The average Bonchev–Trinajstić information content (AvgIpc) is 2.80. The molecule has 0 aliphatic heterocycles. The Labute approximate surface area is 142 Å². The van der Waals surface area contributed by atoms with Gasteiger partial charge in [-0.25, -0.2) is 4.98 Å². The third kappa shape index (κ3) is 4.11. The second kappa shape index (κ2) is 7.60. The molecule has 2 aromatic heterocycles. The zero-order chi connectivity index (χ0) is 17.7. The van der Waals surface area contributed by atoms with Crippen molar-refractivity contribution in [1.29, 1.82) is 5.26 Å². The lowest BCUT2D eigenvalue weighted by atomic mass is 10.1. The summed E-state index contributed by atoms with van der Waals surface area (Å²) in [6.07, 6.45) is 3.22. The lowest BCUT2D eigenvalue weighted by molar-refractivity contribution is -0.112. The van der Waals surface area contributed by atoms with Crippen molar-refractivity contribution in [2.75, 3.05) is 5.32 Å². The molecule has 1 N–H and O–H groups in total. The number of carbonyl (C=O) groups excluding carboxylic acids is 1. The van der Waals surface area contributed by atoms with Crippen LogP contribution in [0, 0.1) is 31.1 Å². The summed E-state index contributed by atoms with van der Waals surface area (Å²) in [5.74, 6) is 0.494. The van der Waals surface area contributed by atoms with Gasteiger partial charge in [-0.1, -0.05) is 19.9 Å². The number of hydrogen-bond donors (Lipinski definition) is 1. The van der Waals surface area contributed by atoms with Gasteiger partial charge >= 0.3 is 0 Å². The first-order valence-electron chi connectivity index (χ1n) is 7.93. The lowest BCUT2D eigenvalue weighted by Crippen LogP contribution is -2.14. The topological polar surface area (TPSA) is 70.7 Å². The van der Waals surface area contributed by atoms with Crippen LogP contribution < -0.4 is 5.32 Å². The fraction of sp³-hybridized carbons (Fsp3) is 0.316. The van der Waals surface area contributed by atoms with Crippen LogP contribution in [0.3, 0.4) is 0 Å². The van der Waals surface area contributed by atoms with Crippen molar-refractivity contribution < 1.29 is 4.79 Å². The number of nitriles is 1. The summed E-state index contributed by atoms with van der Waals surface area (Å²) in [6, 6.07) is 9.20. The van der Waals surface area contributed by atoms with Crippen LogP contribution in [0.5, 0.6) is 0 Å². The Morgan fingerprint density at radius 3 is 2.75 bits per heavy atom. The smallest absolute Gasteiger partial charge is 0.267 e. The van der Waals surface area contributed by atoms with E-state index in [1.165, 1.54) is 0 Å². The SMILES string of the molecule is Cc1cc(C=C(C#N)C(=O)Nc2ccccn2)c(C)n1CC(C)C. The van der Waals surface area contributed by atoms with Gasteiger partial charge in [0, 0.05) is 24.1 Å². The number of pyridine rings is 1. The van der Waals surface area contributed by atoms with Crippen molar-refractivity contribution in [3.8, 4) is 6.07 Å². The van der Waals surface area contributed by atoms with Crippen LogP contribution in [0.15, 0.2) is 36.0 Å². The van der Waals surface area contributed by atoms with Gasteiger partial charge in [0.2, 0.25) is 0 Å². The molecule has 0 radical (unpaired) electrons. The van der Waals surface area contributed by atoms with Gasteiger partial charge in [-0.3, -0.25) is 4.79 Å². The van der Waals surface area contributed by atoms with Crippen LogP contribution in [0.4, 0.5) is 5.82 Å². The third-order valence-corrected chi connectivity index (χ3v) is 3.73. The highest BCUT2D eigenvalue weighted by atomic mass is 16.1. The van der Waals surface area contributed by atoms with E-state index in [1.54, 1.807) is 30.5 Å². The number of rotatable bonds is 5. The van der Waals surface area contributed by atoms with Crippen LogP contribution in [0.2, 0.25) is 0 Å². The normalized spacial score (nSPS) is 11.4. The number of anilines is 1. The summed E-state index contributed by atoms with van der Waals surface area (Å²) in [7, 11) is 0. The van der Waals surface area contributed by atoms with Gasteiger partial charge in [0.15, 0.2) is 0 Å². The first kappa shape index (κ1) is 17.5. The summed E-state index contributed by atoms with van der Waals surface area (Å²) in [5, 5.41) is 12.0. The van der Waals surface area contributed by atoms with Gasteiger partial charge in [0.1, 0.15) is 17.5 Å². The van der Waals surface area contributed by atoms with Crippen molar-refractivity contribution >= 4 is 17.8 Å². The molecule has 0 bridgehead atoms. The minimum atomic E-state index is -0.454. The second-order valence-corrected chi connectivity index (χ2v) is 6.17. The molecule has 1 amide bonds. The Morgan fingerprint density at radius 2 is 2.17 bits per heavy atom. The number of amides is 1. The van der Waals surface area contributed by atoms with Crippen molar-refractivity contribution in [2.24, 2.45) is 5.92 Å². The zero-order valence-corrected chi connectivity index (χ0v) is 14.5. The summed E-state index contributed by atoms with van der Waals surface area (Å²) >= 11 is 0. The monoisotopic (exact) mass is 322 g/mol. The Kier molecular flexibility index (Phi) is 5.54. The summed E-state index contributed by atoms with van der Waals surface area (Å²) in [6.45, 7) is 9.28. The maximum Gasteiger partial charge on any atom is 0.267 e. The van der Waals surface area contributed by atoms with Crippen LogP contribution in [0.25, 0.3) is 6.08 Å². The quantitative estimate of drug-likeness (QED) is 0.674. The molecule has 24 heavy (non-hydrogen) atoms. The molecule has 0 aliphatic rings. The maximum absolute atomic E-state index is 12.3. The summed E-state index contributed by atoms with van der Waals surface area (Å²) in [4.78, 5) is 16.3. The fourth-order valence-corrected chi connectivity index (χ4v) is 2.54. The van der Waals surface area contributed by atoms with E-state index in [2.05, 4.69) is 28.7 Å². The molecule has 5 nitrogen and oxygen atoms in total. The van der Waals surface area contributed by atoms with E-state index >= 15 is 0 Å². The number of aromatic nitrogens is 2. The maximum atomic E-state index is 12.3. The second-order valence-electron chi connectivity index (χ2n) is 6.17. The molecule has 0 atom stereocenters. The predicted octanol–water partition coefficient (Wildman–Crippen LogP) is 3.70. The highest BCUT2D eigenvalue weighted by Gasteiger charge is 2.13. The van der Waals surface area contributed by atoms with Crippen molar-refractivity contribution in [3.63, 3.8) is 0 Å². The van der Waals surface area contributed by atoms with Crippen molar-refractivity contribution in [1.82, 2.24) is 9.55 Å². The molecular formula is C19H22N4O. The van der Waals surface area contributed by atoms with Crippen LogP contribution in [0.1, 0.15) is 30.8 Å². The van der Waals surface area contributed by atoms with Gasteiger partial charge in [0.05, 0.1) is 0 Å². The van der Waals surface area contributed by atoms with Crippen LogP contribution in [-0.4, -0.2) is 15.5 Å². The molecule has 0 aromatic carbocycles. The highest BCUT2D eigenvalue weighted by molar-refractivity contribution is 6.09. The van der Waals surface area contributed by atoms with Gasteiger partial charge in [-0.15, -0.1) is 0 Å². The van der Waals surface area contributed by atoms with E-state index in [1.807, 2.05) is 26.0 Å². The first-order valence-corrected chi connectivity index (χ1v) is 7.93. The molecule has 2 heterocycles. The van der Waals surface area contributed by atoms with Crippen molar-refractivity contribution in [2.45, 2.75) is 34.2 Å². The Hall–Kier alpha value is -2.87. The predicted molar refractivity (Wildman–Crippen MR) is 95.2 cm³/mol. The number of carbonyl (C=O) groups is 1. The van der Waals surface area contributed by atoms with Gasteiger partial charge in [0.25, 0.3) is 5.91 Å². The average molecular weight is 322 g/mol. The largest absolute Gasteiger partial charge is 0.348 e. The van der Waals surface area contributed by atoms with E-state index in [9.17, 15) is 10.1 Å². The Morgan fingerprint density at radius 1 is 1.42 bits per heavy atom. The van der Waals surface area contributed by atoms with E-state index in [4.69, 9.17) is 0 Å². The van der Waals surface area contributed by atoms with Gasteiger partial charge in [-0.2, -0.15) is 5.26 Å². The van der Waals surface area contributed by atoms with E-state index in [-0.39, 0.29) is 5.57 Å². The highest BCUT2D eigenvalue weighted by Crippen LogP contribution is 2.20. The molecule has 0 saturated heterocycles. The Bertz CT molecular complexity index is 795. The molecule has 0 saturated carbocycles. The minimum Gasteiger partial charge on any atom is -0.348 e. The van der Waals surface area contributed by atoms with Crippen LogP contribution in [-0.2, 0) is 11.3 Å². The summed E-state index contributed by atoms with van der Waals surface area (Å²) < 4.78 is 2.21. The standard InChI is InChI=1S/C19H22N4O/c1-13(2)12-23-14(3)9-16(15(23)4)10-17(11-20)19(24)22-18-7-5-6-8-21-18/h5-10,13H,12H2,1-4H3,(H,21,22,24). The molecular weight excluding hydrogens is 300 g/mol. The third-order valence-electron chi connectivity index (χ3n) is 3.73. The molecule has 0 spiro atoms. The molecule has 2 rings (SSSR count). The molecule has 2 aromatic rings. The summed E-state index contributed by atoms with van der Waals surface area (Å²) in [5.41, 5.74) is 3.13. The number of nitrogens with one attached hydrogen (secondary N) is 1. The van der Waals surface area contributed by atoms with Gasteiger partial charge in [-0.05, 0) is 49.6 Å². The molecule has 0 aliphatic carbocycles. The van der Waals surface area contributed by atoms with E-state index < -0.39 is 5.91 Å². The zero-order valence-electron chi connectivity index (χ0n) is 14.5. The van der Waals surface area contributed by atoms with Crippen LogP contribution >= 0.6 is 0 Å². The molecule has 0 fully saturated rings. The first-order chi connectivity index (χ1) is 11.4. The number of nitrogens with zero attached hydrogens (tertiary/aromatic N) is 3. The molecule has 0 unspecified atom stereocenters. The van der Waals surface area contributed by atoms with E-state index in [0.29, 0.717) is 11.7 Å².